The minimum absolute atomic E-state index is 0.0979. The summed E-state index contributed by atoms with van der Waals surface area (Å²) in [6.45, 7) is 7.42. The van der Waals surface area contributed by atoms with Gasteiger partial charge in [-0.25, -0.2) is 4.79 Å². The fourth-order valence-electron chi connectivity index (χ4n) is 1.35. The number of hydrogen-bond donors (Lipinski definition) is 2. The molecule has 0 bridgehead atoms. The van der Waals surface area contributed by atoms with Crippen molar-refractivity contribution >= 4 is 11.7 Å². The number of aliphatic carboxylic acids is 1. The number of carboxylic acids is 1. The first-order chi connectivity index (χ1) is 8.23. The monoisotopic (exact) mass is 251 g/mol. The molecule has 0 unspecified atom stereocenters. The molecule has 1 rings (SSSR count). The fraction of sp³-hybridized carbons (Fsp3) is 0.500. The summed E-state index contributed by atoms with van der Waals surface area (Å²) in [6.07, 6.45) is 0. The molecule has 18 heavy (non-hydrogen) atoms. The zero-order chi connectivity index (χ0) is 13.8. The van der Waals surface area contributed by atoms with E-state index in [0.29, 0.717) is 0 Å². The van der Waals surface area contributed by atoms with Crippen molar-refractivity contribution in [1.82, 2.24) is 0 Å². The number of para-hydroxylation sites is 1. The van der Waals surface area contributed by atoms with Crippen molar-refractivity contribution in [2.75, 3.05) is 11.9 Å². The normalized spacial score (nSPS) is 14.9. The van der Waals surface area contributed by atoms with E-state index in [1.54, 1.807) is 6.92 Å². The van der Waals surface area contributed by atoms with Gasteiger partial charge in [-0.3, -0.25) is 0 Å². The van der Waals surface area contributed by atoms with Gasteiger partial charge in [-0.1, -0.05) is 18.2 Å². The molecule has 0 saturated carbocycles. The Morgan fingerprint density at radius 2 is 1.78 bits per heavy atom. The van der Waals surface area contributed by atoms with Crippen LogP contribution >= 0.6 is 0 Å². The van der Waals surface area contributed by atoms with E-state index in [4.69, 9.17) is 4.74 Å². The second-order valence-electron chi connectivity index (χ2n) is 5.53. The van der Waals surface area contributed by atoms with Crippen molar-refractivity contribution in [1.29, 1.82) is 0 Å². The van der Waals surface area contributed by atoms with E-state index in [1.807, 2.05) is 51.1 Å². The van der Waals surface area contributed by atoms with Gasteiger partial charge < -0.3 is 15.2 Å². The molecule has 0 aliphatic carbocycles. The summed E-state index contributed by atoms with van der Waals surface area (Å²) in [5.74, 6) is -0.935. The Bertz CT molecular complexity index is 397. The molecule has 1 aromatic carbocycles. The van der Waals surface area contributed by atoms with Crippen molar-refractivity contribution in [2.45, 2.75) is 38.8 Å². The molecule has 1 aromatic rings. The summed E-state index contributed by atoms with van der Waals surface area (Å²) < 4.78 is 5.58. The molecule has 0 radical (unpaired) electrons. The van der Waals surface area contributed by atoms with Crippen LogP contribution in [0.15, 0.2) is 30.3 Å². The first kappa shape index (κ1) is 14.5. The van der Waals surface area contributed by atoms with Gasteiger partial charge in [-0.2, -0.15) is 0 Å². The van der Waals surface area contributed by atoms with Crippen molar-refractivity contribution in [3.8, 4) is 0 Å². The number of ether oxygens (including phenoxy) is 1. The molecule has 0 amide bonds. The van der Waals surface area contributed by atoms with Crippen LogP contribution in [-0.4, -0.2) is 28.8 Å². The van der Waals surface area contributed by atoms with Gasteiger partial charge in [0.15, 0.2) is 5.54 Å². The number of carbonyl (C=O) groups is 1. The summed E-state index contributed by atoms with van der Waals surface area (Å²) in [5, 5.41) is 12.4. The number of rotatable bonds is 5. The van der Waals surface area contributed by atoms with Crippen LogP contribution in [0.3, 0.4) is 0 Å². The van der Waals surface area contributed by atoms with E-state index >= 15 is 0 Å². The zero-order valence-corrected chi connectivity index (χ0v) is 11.4. The Morgan fingerprint density at radius 1 is 1.22 bits per heavy atom. The van der Waals surface area contributed by atoms with Gasteiger partial charge in [-0.05, 0) is 39.8 Å². The van der Waals surface area contributed by atoms with Crippen LogP contribution in [0.4, 0.5) is 5.69 Å². The minimum atomic E-state index is -1.14. The number of anilines is 1. The van der Waals surface area contributed by atoms with Gasteiger partial charge >= 0.3 is 5.97 Å². The van der Waals surface area contributed by atoms with Crippen LogP contribution in [0.1, 0.15) is 27.7 Å². The molecule has 0 heterocycles. The highest BCUT2D eigenvalue weighted by Gasteiger charge is 2.35. The minimum Gasteiger partial charge on any atom is -0.479 e. The molecule has 0 fully saturated rings. The maximum atomic E-state index is 11.4. The highest BCUT2D eigenvalue weighted by Crippen LogP contribution is 2.18. The Balaban J connectivity index is 2.78. The smallest absolute Gasteiger partial charge is 0.331 e. The van der Waals surface area contributed by atoms with E-state index in [-0.39, 0.29) is 12.2 Å². The van der Waals surface area contributed by atoms with E-state index in [2.05, 4.69) is 5.32 Å². The number of nitrogens with one attached hydrogen (secondary N) is 1. The molecule has 0 aliphatic heterocycles. The molecule has 0 saturated heterocycles. The number of carboxylic acid groups (broad SMARTS) is 1. The van der Waals surface area contributed by atoms with Crippen LogP contribution in [0.25, 0.3) is 0 Å². The third kappa shape index (κ3) is 4.37. The molecule has 4 nitrogen and oxygen atoms in total. The van der Waals surface area contributed by atoms with Crippen LogP contribution in [0.5, 0.6) is 0 Å². The molecular weight excluding hydrogens is 230 g/mol. The fourth-order valence-corrected chi connectivity index (χ4v) is 1.35. The summed E-state index contributed by atoms with van der Waals surface area (Å²) >= 11 is 0. The first-order valence-corrected chi connectivity index (χ1v) is 5.93. The van der Waals surface area contributed by atoms with Crippen molar-refractivity contribution in [2.24, 2.45) is 0 Å². The van der Waals surface area contributed by atoms with Gasteiger partial charge in [0, 0.05) is 5.69 Å². The Kier molecular flexibility index (Phi) is 4.35. The van der Waals surface area contributed by atoms with E-state index < -0.39 is 11.5 Å². The lowest BCUT2D eigenvalue weighted by molar-refractivity contribution is -0.145. The summed E-state index contributed by atoms with van der Waals surface area (Å²) in [5.41, 5.74) is -0.746. The van der Waals surface area contributed by atoms with E-state index in [9.17, 15) is 9.90 Å². The number of hydrogen-bond acceptors (Lipinski definition) is 3. The average molecular weight is 251 g/mol. The third-order valence-corrected chi connectivity index (χ3v) is 2.46. The molecule has 4 heteroatoms. The van der Waals surface area contributed by atoms with Crippen LogP contribution in [0, 0.1) is 0 Å². The average Bonchev–Trinajstić information content (AvgIpc) is 2.27. The Hall–Kier alpha value is -1.55. The second-order valence-corrected chi connectivity index (χ2v) is 5.53. The highest BCUT2D eigenvalue weighted by atomic mass is 16.5. The summed E-state index contributed by atoms with van der Waals surface area (Å²) in [7, 11) is 0. The third-order valence-electron chi connectivity index (χ3n) is 2.46. The van der Waals surface area contributed by atoms with Crippen LogP contribution in [0.2, 0.25) is 0 Å². The molecule has 0 aliphatic rings. The summed E-state index contributed by atoms with van der Waals surface area (Å²) in [6, 6.07) is 9.26. The van der Waals surface area contributed by atoms with Gasteiger partial charge in [0.1, 0.15) is 0 Å². The maximum Gasteiger partial charge on any atom is 0.331 e. The summed E-state index contributed by atoms with van der Waals surface area (Å²) in [4.78, 5) is 11.4. The van der Waals surface area contributed by atoms with Gasteiger partial charge in [0.25, 0.3) is 0 Å². The predicted molar refractivity (Wildman–Crippen MR) is 71.8 cm³/mol. The van der Waals surface area contributed by atoms with Crippen molar-refractivity contribution < 1.29 is 14.6 Å². The van der Waals surface area contributed by atoms with Gasteiger partial charge in [0.05, 0.1) is 12.2 Å². The molecule has 0 aromatic heterocycles. The van der Waals surface area contributed by atoms with Crippen molar-refractivity contribution in [3.63, 3.8) is 0 Å². The van der Waals surface area contributed by atoms with E-state index in [0.717, 1.165) is 5.69 Å². The first-order valence-electron chi connectivity index (χ1n) is 5.93. The SMILES string of the molecule is CC(C)(C)OC[C@](C)(Nc1ccccc1)C(=O)O. The van der Waals surface area contributed by atoms with Gasteiger partial charge in [-0.15, -0.1) is 0 Å². The maximum absolute atomic E-state index is 11.4. The quantitative estimate of drug-likeness (QED) is 0.844. The molecule has 1 atom stereocenters. The second kappa shape index (κ2) is 5.40. The number of benzene rings is 1. The highest BCUT2D eigenvalue weighted by molar-refractivity contribution is 5.82. The lowest BCUT2D eigenvalue weighted by Crippen LogP contribution is -2.49. The van der Waals surface area contributed by atoms with Crippen molar-refractivity contribution in [3.05, 3.63) is 30.3 Å². The molecule has 100 valence electrons. The Labute approximate surface area is 108 Å². The molecule has 0 spiro atoms. The van der Waals surface area contributed by atoms with E-state index in [1.165, 1.54) is 0 Å². The topological polar surface area (TPSA) is 58.6 Å². The zero-order valence-electron chi connectivity index (χ0n) is 11.4. The predicted octanol–water partition coefficient (Wildman–Crippen LogP) is 2.76. The standard InChI is InChI=1S/C14H21NO3/c1-13(2,3)18-10-14(4,12(16)17)15-11-8-6-5-7-9-11/h5-9,15H,10H2,1-4H3,(H,16,17)/t14-/m0/s1. The molecular formula is C14H21NO3. The van der Waals surface area contributed by atoms with Crippen LogP contribution < -0.4 is 5.32 Å². The largest absolute Gasteiger partial charge is 0.479 e. The van der Waals surface area contributed by atoms with Crippen LogP contribution in [-0.2, 0) is 9.53 Å². The lowest BCUT2D eigenvalue weighted by atomic mass is 10.0. The lowest BCUT2D eigenvalue weighted by Gasteiger charge is -2.31. The van der Waals surface area contributed by atoms with Gasteiger partial charge in [0.2, 0.25) is 0 Å². The Morgan fingerprint density at radius 3 is 2.22 bits per heavy atom. The molecule has 2 N–H and O–H groups in total.